The van der Waals surface area contributed by atoms with Gasteiger partial charge in [-0.3, -0.25) is 14.9 Å². The molecule has 3 aromatic carbocycles. The van der Waals surface area contributed by atoms with Gasteiger partial charge in [0.1, 0.15) is 29.4 Å². The number of hydrogen-bond donors (Lipinski definition) is 2. The van der Waals surface area contributed by atoms with Crippen molar-refractivity contribution in [2.75, 3.05) is 31.3 Å². The highest BCUT2D eigenvalue weighted by atomic mass is 19.2. The molecular weight excluding hydrogens is 667 g/mol. The Hall–Kier alpha value is -5.06. The Morgan fingerprint density at radius 2 is 1.76 bits per heavy atom. The number of phenolic OH excluding ortho intramolecular Hbond substituents is 1. The van der Waals surface area contributed by atoms with Crippen molar-refractivity contribution in [3.05, 3.63) is 82.8 Å². The van der Waals surface area contributed by atoms with Crippen LogP contribution in [0.1, 0.15) is 62.1 Å². The van der Waals surface area contributed by atoms with Gasteiger partial charge in [-0.2, -0.15) is 9.97 Å². The third-order valence-electron chi connectivity index (χ3n) is 10.5. The van der Waals surface area contributed by atoms with Crippen LogP contribution in [0.15, 0.2) is 42.6 Å². The van der Waals surface area contributed by atoms with Crippen molar-refractivity contribution in [3.8, 4) is 35.4 Å². The van der Waals surface area contributed by atoms with Crippen molar-refractivity contribution in [1.82, 2.24) is 25.3 Å². The SMILES string of the molecule is C#Cc1c(F)ccc2cc(O)cc(-c3ncc4c(N5CCCCCN5)nc(OC[C@]56CCCN5[C@@H](c5cc(F)c(F)c(F)c5)CC6)nc4c3F)c12. The molecule has 3 fully saturated rings. The fourth-order valence-corrected chi connectivity index (χ4v) is 8.09. The Bertz CT molecular complexity index is 2210. The topological polar surface area (TPSA) is 86.6 Å². The van der Waals surface area contributed by atoms with E-state index in [9.17, 15) is 22.7 Å². The van der Waals surface area contributed by atoms with Crippen molar-refractivity contribution < 1.29 is 31.8 Å². The first-order valence-corrected chi connectivity index (χ1v) is 17.0. The zero-order chi connectivity index (χ0) is 35.4. The smallest absolute Gasteiger partial charge is 0.319 e. The Labute approximate surface area is 290 Å². The van der Waals surface area contributed by atoms with E-state index >= 15 is 4.39 Å². The van der Waals surface area contributed by atoms with Crippen LogP contribution in [-0.2, 0) is 0 Å². The number of hydrogen-bond acceptors (Lipinski definition) is 8. The molecule has 3 saturated heterocycles. The van der Waals surface area contributed by atoms with Crippen LogP contribution in [0, 0.1) is 41.4 Å². The number of nitrogens with one attached hydrogen (secondary N) is 1. The van der Waals surface area contributed by atoms with E-state index in [1.54, 1.807) is 0 Å². The van der Waals surface area contributed by atoms with Crippen molar-refractivity contribution >= 4 is 27.5 Å². The van der Waals surface area contributed by atoms with Gasteiger partial charge in [0.15, 0.2) is 29.1 Å². The molecule has 0 bridgehead atoms. The second-order valence-electron chi connectivity index (χ2n) is 13.5. The first-order valence-electron chi connectivity index (χ1n) is 17.0. The van der Waals surface area contributed by atoms with E-state index in [0.29, 0.717) is 54.6 Å². The molecule has 8 rings (SSSR count). The van der Waals surface area contributed by atoms with Crippen LogP contribution in [0.4, 0.5) is 27.8 Å². The van der Waals surface area contributed by atoms with Crippen LogP contribution < -0.4 is 15.2 Å². The molecule has 0 radical (unpaired) electrons. The van der Waals surface area contributed by atoms with E-state index in [0.717, 1.165) is 44.2 Å². The van der Waals surface area contributed by atoms with Crippen LogP contribution in [0.5, 0.6) is 11.8 Å². The number of terminal acetylenes is 1. The maximum atomic E-state index is 16.9. The van der Waals surface area contributed by atoms with Crippen LogP contribution in [0.25, 0.3) is 32.9 Å². The first kappa shape index (κ1) is 33.1. The number of anilines is 1. The molecule has 2 aromatic heterocycles. The number of pyridine rings is 1. The largest absolute Gasteiger partial charge is 0.508 e. The van der Waals surface area contributed by atoms with Gasteiger partial charge in [0.05, 0.1) is 16.5 Å². The Morgan fingerprint density at radius 3 is 2.57 bits per heavy atom. The molecule has 2 N–H and O–H groups in total. The average molecular weight is 701 g/mol. The first-order chi connectivity index (χ1) is 24.7. The zero-order valence-corrected chi connectivity index (χ0v) is 27.5. The lowest BCUT2D eigenvalue weighted by Gasteiger charge is -2.35. The van der Waals surface area contributed by atoms with Gasteiger partial charge < -0.3 is 9.84 Å². The monoisotopic (exact) mass is 700 g/mol. The Morgan fingerprint density at radius 1 is 0.941 bits per heavy atom. The predicted octanol–water partition coefficient (Wildman–Crippen LogP) is 7.47. The van der Waals surface area contributed by atoms with Gasteiger partial charge in [-0.25, -0.2) is 27.4 Å². The second-order valence-corrected chi connectivity index (χ2v) is 13.5. The fraction of sp³-hybridized carbons (Fsp3) is 0.342. The minimum Gasteiger partial charge on any atom is -0.508 e. The molecule has 51 heavy (non-hydrogen) atoms. The molecule has 0 spiro atoms. The van der Waals surface area contributed by atoms with Crippen LogP contribution >= 0.6 is 0 Å². The number of aromatic nitrogens is 3. The number of fused-ring (bicyclic) bond motifs is 3. The number of nitrogens with zero attached hydrogens (tertiary/aromatic N) is 5. The van der Waals surface area contributed by atoms with Crippen LogP contribution in [0.3, 0.4) is 0 Å². The highest BCUT2D eigenvalue weighted by Gasteiger charge is 2.50. The van der Waals surface area contributed by atoms with Crippen molar-refractivity contribution in [2.45, 2.75) is 56.5 Å². The number of halogens is 5. The fourth-order valence-electron chi connectivity index (χ4n) is 8.09. The standard InChI is InChI=1S/C38H33F5N6O2/c1-2-24-27(39)8-7-21-15-23(50)18-25(31(21)24)34-33(43)35-26(19-44-34)36(49-14-5-3-4-12-45-49)47-37(46-35)51-20-38-10-6-13-48(38)30(9-11-38)22-16-28(40)32(42)29(41)17-22/h1,7-8,15-19,30,45,50H,3-6,9-14,20H2/t30-,38-/m1/s1. The Balaban J connectivity index is 1.21. The molecule has 5 aromatic rings. The molecule has 0 saturated carbocycles. The molecule has 5 heterocycles. The number of benzene rings is 3. The molecular formula is C38H33F5N6O2. The normalized spacial score (nSPS) is 20.9. The van der Waals surface area contributed by atoms with E-state index < -0.39 is 34.6 Å². The summed E-state index contributed by atoms with van der Waals surface area (Å²) in [5.41, 5.74) is 2.92. The number of phenols is 1. The molecule has 0 amide bonds. The summed E-state index contributed by atoms with van der Waals surface area (Å²) in [5, 5.41) is 13.3. The molecule has 3 aliphatic rings. The van der Waals surface area contributed by atoms with Gasteiger partial charge in [-0.1, -0.05) is 18.4 Å². The molecule has 13 heteroatoms. The zero-order valence-electron chi connectivity index (χ0n) is 27.5. The lowest BCUT2D eigenvalue weighted by Crippen LogP contribution is -2.44. The number of hydrazine groups is 1. The highest BCUT2D eigenvalue weighted by molar-refractivity contribution is 6.03. The van der Waals surface area contributed by atoms with E-state index in [2.05, 4.69) is 26.2 Å². The van der Waals surface area contributed by atoms with Gasteiger partial charge >= 0.3 is 6.01 Å². The molecule has 0 unspecified atom stereocenters. The average Bonchev–Trinajstić information content (AvgIpc) is 3.57. The van der Waals surface area contributed by atoms with Crippen molar-refractivity contribution in [1.29, 1.82) is 0 Å². The molecule has 262 valence electrons. The number of ether oxygens (including phenoxy) is 1. The summed E-state index contributed by atoms with van der Waals surface area (Å²) in [7, 11) is 0. The lowest BCUT2D eigenvalue weighted by atomic mass is 9.95. The Kier molecular flexibility index (Phi) is 8.39. The maximum absolute atomic E-state index is 16.9. The summed E-state index contributed by atoms with van der Waals surface area (Å²) in [6.07, 6.45) is 12.7. The van der Waals surface area contributed by atoms with Crippen LogP contribution in [0.2, 0.25) is 0 Å². The van der Waals surface area contributed by atoms with Crippen molar-refractivity contribution in [3.63, 3.8) is 0 Å². The van der Waals surface area contributed by atoms with Gasteiger partial charge in [0.25, 0.3) is 0 Å². The third-order valence-corrected chi connectivity index (χ3v) is 10.5. The van der Waals surface area contributed by atoms with Crippen molar-refractivity contribution in [2.24, 2.45) is 0 Å². The number of rotatable bonds is 6. The van der Waals surface area contributed by atoms with Gasteiger partial charge in [0, 0.05) is 36.3 Å². The lowest BCUT2D eigenvalue weighted by molar-refractivity contribution is 0.0843. The van der Waals surface area contributed by atoms with E-state index in [4.69, 9.17) is 16.1 Å². The van der Waals surface area contributed by atoms with Gasteiger partial charge in [0.2, 0.25) is 0 Å². The van der Waals surface area contributed by atoms with Gasteiger partial charge in [-0.05, 0) is 86.4 Å². The maximum Gasteiger partial charge on any atom is 0.319 e. The predicted molar refractivity (Wildman–Crippen MR) is 181 cm³/mol. The minimum atomic E-state index is -1.50. The van der Waals surface area contributed by atoms with Gasteiger partial charge in [-0.15, -0.1) is 6.42 Å². The molecule has 3 aliphatic heterocycles. The summed E-state index contributed by atoms with van der Waals surface area (Å²) in [6, 6.07) is 7.03. The van der Waals surface area contributed by atoms with E-state index in [1.807, 2.05) is 5.01 Å². The summed E-state index contributed by atoms with van der Waals surface area (Å²) in [4.78, 5) is 15.9. The van der Waals surface area contributed by atoms with Crippen LogP contribution in [-0.4, -0.2) is 56.7 Å². The minimum absolute atomic E-state index is 0.0840. The van der Waals surface area contributed by atoms with E-state index in [1.165, 1.54) is 30.5 Å². The third kappa shape index (κ3) is 5.67. The molecule has 0 aliphatic carbocycles. The summed E-state index contributed by atoms with van der Waals surface area (Å²) in [6.45, 7) is 2.03. The molecule has 8 nitrogen and oxygen atoms in total. The number of aromatic hydroxyl groups is 1. The van der Waals surface area contributed by atoms with E-state index in [-0.39, 0.29) is 52.1 Å². The quantitative estimate of drug-likeness (QED) is 0.107. The summed E-state index contributed by atoms with van der Waals surface area (Å²) in [5.74, 6) is -2.93. The highest BCUT2D eigenvalue weighted by Crippen LogP contribution is 2.49. The summed E-state index contributed by atoms with van der Waals surface area (Å²) >= 11 is 0. The summed E-state index contributed by atoms with van der Waals surface area (Å²) < 4.78 is 80.3. The molecule has 2 atom stereocenters. The second kappa shape index (κ2) is 12.9.